The Balaban J connectivity index is 1.80. The van der Waals surface area contributed by atoms with E-state index in [2.05, 4.69) is 20.8 Å². The fraction of sp³-hybridized carbons (Fsp3) is 0.444. The quantitative estimate of drug-likeness (QED) is 0.778. The van der Waals surface area contributed by atoms with Crippen molar-refractivity contribution in [2.75, 3.05) is 13.7 Å². The first-order valence-corrected chi connectivity index (χ1v) is 8.31. The molecule has 2 aromatic rings. The Morgan fingerprint density at radius 3 is 2.46 bits per heavy atom. The number of hydrogen-bond donors (Lipinski definition) is 2. The number of methoxy groups -OCH3 is 1. The standard InChI is InChI=1S/C18H24N4O4/c1-18(2,3)21-15(24)11-19-14(23)9-10-16-20-17(22-26-16)12-5-7-13(25-4)8-6-12/h5-8H,9-11H2,1-4H3,(H,19,23)(H,21,24). The lowest BCUT2D eigenvalue weighted by molar-refractivity contribution is -0.126. The van der Waals surface area contributed by atoms with E-state index < -0.39 is 0 Å². The van der Waals surface area contributed by atoms with Gasteiger partial charge in [-0.2, -0.15) is 4.98 Å². The summed E-state index contributed by atoms with van der Waals surface area (Å²) in [6.07, 6.45) is 0.461. The van der Waals surface area contributed by atoms with Crippen molar-refractivity contribution in [3.63, 3.8) is 0 Å². The largest absolute Gasteiger partial charge is 0.497 e. The van der Waals surface area contributed by atoms with Gasteiger partial charge < -0.3 is 19.9 Å². The van der Waals surface area contributed by atoms with E-state index in [1.54, 1.807) is 19.2 Å². The topological polar surface area (TPSA) is 106 Å². The van der Waals surface area contributed by atoms with Crippen molar-refractivity contribution >= 4 is 11.8 Å². The molecular formula is C18H24N4O4. The summed E-state index contributed by atoms with van der Waals surface area (Å²) in [4.78, 5) is 27.8. The van der Waals surface area contributed by atoms with Crippen molar-refractivity contribution in [3.05, 3.63) is 30.2 Å². The minimum atomic E-state index is -0.330. The maximum Gasteiger partial charge on any atom is 0.239 e. The van der Waals surface area contributed by atoms with Crippen LogP contribution in [0, 0.1) is 0 Å². The molecule has 1 aromatic heterocycles. The Hall–Kier alpha value is -2.90. The summed E-state index contributed by atoms with van der Waals surface area (Å²) in [6, 6.07) is 7.27. The van der Waals surface area contributed by atoms with Crippen LogP contribution in [0.4, 0.5) is 0 Å². The minimum absolute atomic E-state index is 0.0585. The second-order valence-electron chi connectivity index (χ2n) is 6.82. The van der Waals surface area contributed by atoms with E-state index in [4.69, 9.17) is 9.26 Å². The van der Waals surface area contributed by atoms with Gasteiger partial charge >= 0.3 is 0 Å². The second-order valence-corrected chi connectivity index (χ2v) is 6.82. The lowest BCUT2D eigenvalue weighted by Crippen LogP contribution is -2.45. The summed E-state index contributed by atoms with van der Waals surface area (Å²) in [5.41, 5.74) is 0.466. The molecule has 0 spiro atoms. The predicted octanol–water partition coefficient (Wildman–Crippen LogP) is 1.71. The third kappa shape index (κ3) is 6.19. The number of benzene rings is 1. The highest BCUT2D eigenvalue weighted by atomic mass is 16.5. The number of aromatic nitrogens is 2. The summed E-state index contributed by atoms with van der Waals surface area (Å²) in [6.45, 7) is 5.57. The van der Waals surface area contributed by atoms with E-state index >= 15 is 0 Å². The molecule has 0 saturated heterocycles. The fourth-order valence-corrected chi connectivity index (χ4v) is 2.16. The maximum absolute atomic E-state index is 11.8. The number of carbonyl (C=O) groups is 2. The first kappa shape index (κ1) is 19.4. The normalized spacial score (nSPS) is 11.1. The number of aryl methyl sites for hydroxylation is 1. The van der Waals surface area contributed by atoms with Crippen LogP contribution in [0.3, 0.4) is 0 Å². The highest BCUT2D eigenvalue weighted by molar-refractivity contribution is 5.85. The van der Waals surface area contributed by atoms with Crippen LogP contribution in [0.1, 0.15) is 33.1 Å². The zero-order valence-electron chi connectivity index (χ0n) is 15.5. The summed E-state index contributed by atoms with van der Waals surface area (Å²) in [5, 5.41) is 9.26. The van der Waals surface area contributed by atoms with Crippen LogP contribution in [0.15, 0.2) is 28.8 Å². The van der Waals surface area contributed by atoms with Gasteiger partial charge in [0.1, 0.15) is 5.75 Å². The van der Waals surface area contributed by atoms with Crippen LogP contribution in [-0.2, 0) is 16.0 Å². The molecule has 8 heteroatoms. The molecule has 0 bridgehead atoms. The van der Waals surface area contributed by atoms with Crippen LogP contribution in [0.5, 0.6) is 5.75 Å². The molecular weight excluding hydrogens is 336 g/mol. The van der Waals surface area contributed by atoms with Gasteiger partial charge in [-0.15, -0.1) is 0 Å². The van der Waals surface area contributed by atoms with Crippen LogP contribution >= 0.6 is 0 Å². The van der Waals surface area contributed by atoms with E-state index in [9.17, 15) is 9.59 Å². The Morgan fingerprint density at radius 1 is 1.15 bits per heavy atom. The van der Waals surface area contributed by atoms with Crippen LogP contribution in [-0.4, -0.2) is 41.1 Å². The van der Waals surface area contributed by atoms with Gasteiger partial charge in [0, 0.05) is 23.9 Å². The third-order valence-electron chi connectivity index (χ3n) is 3.34. The van der Waals surface area contributed by atoms with Crippen molar-refractivity contribution in [2.45, 2.75) is 39.2 Å². The maximum atomic E-state index is 11.8. The molecule has 1 aromatic carbocycles. The summed E-state index contributed by atoms with van der Waals surface area (Å²) in [5.74, 6) is 1.08. The molecule has 0 radical (unpaired) electrons. The van der Waals surface area contributed by atoms with E-state index in [1.165, 1.54) is 0 Å². The smallest absolute Gasteiger partial charge is 0.239 e. The van der Waals surface area contributed by atoms with E-state index in [-0.39, 0.29) is 30.3 Å². The Morgan fingerprint density at radius 2 is 1.85 bits per heavy atom. The SMILES string of the molecule is COc1ccc(-c2noc(CCC(=O)NCC(=O)NC(C)(C)C)n2)cc1. The van der Waals surface area contributed by atoms with Crippen LogP contribution in [0.2, 0.25) is 0 Å². The average Bonchev–Trinajstić information content (AvgIpc) is 3.06. The number of amides is 2. The number of rotatable bonds is 7. The summed E-state index contributed by atoms with van der Waals surface area (Å²) < 4.78 is 10.3. The molecule has 0 aliphatic heterocycles. The number of nitrogens with one attached hydrogen (secondary N) is 2. The molecule has 0 aliphatic carbocycles. The van der Waals surface area contributed by atoms with Gasteiger partial charge in [0.15, 0.2) is 0 Å². The lowest BCUT2D eigenvalue weighted by Gasteiger charge is -2.20. The zero-order chi connectivity index (χ0) is 19.2. The summed E-state index contributed by atoms with van der Waals surface area (Å²) in [7, 11) is 1.60. The highest BCUT2D eigenvalue weighted by Gasteiger charge is 2.15. The summed E-state index contributed by atoms with van der Waals surface area (Å²) >= 11 is 0. The number of ether oxygens (including phenoxy) is 1. The van der Waals surface area contributed by atoms with Crippen molar-refractivity contribution in [2.24, 2.45) is 0 Å². The number of nitrogens with zero attached hydrogens (tertiary/aromatic N) is 2. The van der Waals surface area contributed by atoms with Crippen LogP contribution in [0.25, 0.3) is 11.4 Å². The first-order chi connectivity index (χ1) is 12.3. The van der Waals surface area contributed by atoms with Gasteiger partial charge in [-0.05, 0) is 45.0 Å². The predicted molar refractivity (Wildman–Crippen MR) is 95.5 cm³/mol. The monoisotopic (exact) mass is 360 g/mol. The molecule has 26 heavy (non-hydrogen) atoms. The molecule has 0 aliphatic rings. The van der Waals surface area contributed by atoms with Crippen LogP contribution < -0.4 is 15.4 Å². The van der Waals surface area contributed by atoms with Gasteiger partial charge in [0.2, 0.25) is 23.5 Å². The molecule has 2 N–H and O–H groups in total. The lowest BCUT2D eigenvalue weighted by atomic mass is 10.1. The van der Waals surface area contributed by atoms with E-state index in [0.29, 0.717) is 18.1 Å². The molecule has 2 rings (SSSR count). The molecule has 0 unspecified atom stereocenters. The molecule has 0 saturated carbocycles. The Labute approximate surface area is 152 Å². The molecule has 8 nitrogen and oxygen atoms in total. The average molecular weight is 360 g/mol. The highest BCUT2D eigenvalue weighted by Crippen LogP contribution is 2.19. The van der Waals surface area contributed by atoms with E-state index in [1.807, 2.05) is 32.9 Å². The van der Waals surface area contributed by atoms with Gasteiger partial charge in [0.05, 0.1) is 13.7 Å². The van der Waals surface area contributed by atoms with Crippen molar-refractivity contribution in [1.82, 2.24) is 20.8 Å². The van der Waals surface area contributed by atoms with E-state index in [0.717, 1.165) is 11.3 Å². The van der Waals surface area contributed by atoms with Gasteiger partial charge in [-0.3, -0.25) is 9.59 Å². The Kier molecular flexibility index (Phi) is 6.32. The van der Waals surface area contributed by atoms with Crippen molar-refractivity contribution < 1.29 is 18.8 Å². The molecule has 140 valence electrons. The molecule has 2 amide bonds. The van der Waals surface area contributed by atoms with Crippen molar-refractivity contribution in [3.8, 4) is 17.1 Å². The minimum Gasteiger partial charge on any atom is -0.497 e. The molecule has 0 fully saturated rings. The fourth-order valence-electron chi connectivity index (χ4n) is 2.16. The Bertz CT molecular complexity index is 747. The number of carbonyl (C=O) groups excluding carboxylic acids is 2. The third-order valence-corrected chi connectivity index (χ3v) is 3.34. The van der Waals surface area contributed by atoms with Gasteiger partial charge in [-0.25, -0.2) is 0 Å². The first-order valence-electron chi connectivity index (χ1n) is 8.31. The zero-order valence-corrected chi connectivity index (χ0v) is 15.5. The number of hydrogen-bond acceptors (Lipinski definition) is 6. The molecule has 0 atom stereocenters. The van der Waals surface area contributed by atoms with Gasteiger partial charge in [0.25, 0.3) is 0 Å². The van der Waals surface area contributed by atoms with Crippen molar-refractivity contribution in [1.29, 1.82) is 0 Å². The molecule has 1 heterocycles. The second kappa shape index (κ2) is 8.46. The van der Waals surface area contributed by atoms with Gasteiger partial charge in [-0.1, -0.05) is 5.16 Å².